The van der Waals surface area contributed by atoms with Crippen molar-refractivity contribution in [2.24, 2.45) is 5.92 Å². The molecule has 0 saturated heterocycles. The van der Waals surface area contributed by atoms with Crippen LogP contribution in [0.2, 0.25) is 0 Å². The van der Waals surface area contributed by atoms with Gasteiger partial charge in [0.05, 0.1) is 17.7 Å². The van der Waals surface area contributed by atoms with Gasteiger partial charge in [0.15, 0.2) is 0 Å². The van der Waals surface area contributed by atoms with Crippen molar-refractivity contribution in [2.75, 3.05) is 0 Å². The number of aromatic nitrogens is 1. The maximum absolute atomic E-state index is 8.56. The molecule has 0 bridgehead atoms. The predicted molar refractivity (Wildman–Crippen MR) is 129 cm³/mol. The molecule has 0 fully saturated rings. The molecule has 3 nitrogen and oxygen atoms in total. The van der Waals surface area contributed by atoms with E-state index in [4.69, 9.17) is 15.2 Å². The third-order valence-corrected chi connectivity index (χ3v) is 5.75. The minimum atomic E-state index is -0.375. The van der Waals surface area contributed by atoms with Crippen LogP contribution >= 0.6 is 0 Å². The fraction of sp³-hybridized carbons (Fsp3) is 0.464. The van der Waals surface area contributed by atoms with E-state index in [1.807, 2.05) is 0 Å². The van der Waals surface area contributed by atoms with Crippen LogP contribution < -0.4 is 0 Å². The molecule has 0 spiro atoms. The molecule has 2 atom stereocenters. The van der Waals surface area contributed by atoms with Crippen molar-refractivity contribution in [3.63, 3.8) is 0 Å². The molecule has 2 aromatic carbocycles. The monoisotopic (exact) mass is 611 g/mol. The summed E-state index contributed by atoms with van der Waals surface area (Å²) in [6.45, 7) is 12.2. The molecule has 0 aliphatic heterocycles. The van der Waals surface area contributed by atoms with Gasteiger partial charge in [-0.2, -0.15) is 0 Å². The summed E-state index contributed by atoms with van der Waals surface area (Å²) >= 11 is 0. The maximum atomic E-state index is 8.56. The molecule has 175 valence electrons. The Hall–Kier alpha value is -1.58. The van der Waals surface area contributed by atoms with E-state index in [1.165, 1.54) is 38.8 Å². The first-order valence-corrected chi connectivity index (χ1v) is 11.5. The van der Waals surface area contributed by atoms with Gasteiger partial charge in [0.2, 0.25) is 0 Å². The molecule has 0 amide bonds. The van der Waals surface area contributed by atoms with E-state index < -0.39 is 0 Å². The molecule has 3 aromatic rings. The molecule has 2 unspecified atom stereocenters. The number of rotatable bonds is 4. The van der Waals surface area contributed by atoms with Crippen molar-refractivity contribution in [1.82, 2.24) is 4.98 Å². The minimum Gasteiger partial charge on any atom is -0.393 e. The first kappa shape index (κ1) is 26.7. The normalized spacial score (nSPS) is 14.0. The van der Waals surface area contributed by atoms with Gasteiger partial charge in [0.1, 0.15) is 0 Å². The predicted octanol–water partition coefficient (Wildman–Crippen LogP) is 5.75. The Morgan fingerprint density at radius 3 is 2.28 bits per heavy atom. The van der Waals surface area contributed by atoms with Crippen LogP contribution in [0.5, 0.6) is 0 Å². The second-order valence-corrected chi connectivity index (χ2v) is 9.50. The van der Waals surface area contributed by atoms with E-state index in [1.54, 1.807) is 13.8 Å². The summed E-state index contributed by atoms with van der Waals surface area (Å²) in [7, 11) is 0. The van der Waals surface area contributed by atoms with Gasteiger partial charge in [0.25, 0.3) is 0 Å². The van der Waals surface area contributed by atoms with Crippen molar-refractivity contribution >= 4 is 10.9 Å². The third kappa shape index (κ3) is 6.48. The fourth-order valence-corrected chi connectivity index (χ4v) is 4.52. The van der Waals surface area contributed by atoms with Crippen molar-refractivity contribution in [2.45, 2.75) is 79.4 Å². The van der Waals surface area contributed by atoms with E-state index in [2.05, 4.69) is 64.1 Å². The standard InChI is InChI=1S/C23H24N.C5H12O2.Ir/c1-14(2)10-17-6-5-7-22-20(17)13-18-8-9-19-16(4)11-15(3)12-21(19)23(18)24-22;1-4(6)3-5(2)7;/h5-7,11,13-14H,8-10H2,1-4H3;4-7H,3H2,1-2H3;/q-1;;. The van der Waals surface area contributed by atoms with Crippen molar-refractivity contribution in [1.29, 1.82) is 0 Å². The van der Waals surface area contributed by atoms with Crippen LogP contribution in [0.1, 0.15) is 61.9 Å². The quantitative estimate of drug-likeness (QED) is 0.370. The number of aryl methyl sites for hydroxylation is 3. The number of aliphatic hydroxyl groups is 2. The summed E-state index contributed by atoms with van der Waals surface area (Å²) in [5.74, 6) is 0.658. The molecule has 1 aliphatic rings. The number of hydrogen-bond donors (Lipinski definition) is 2. The van der Waals surface area contributed by atoms with E-state index in [0.29, 0.717) is 12.3 Å². The molecule has 1 aromatic heterocycles. The summed E-state index contributed by atoms with van der Waals surface area (Å²) in [6, 6.07) is 14.8. The van der Waals surface area contributed by atoms with E-state index in [9.17, 15) is 0 Å². The molecule has 1 heterocycles. The smallest absolute Gasteiger partial charge is 0.0598 e. The van der Waals surface area contributed by atoms with Crippen molar-refractivity contribution < 1.29 is 30.3 Å². The summed E-state index contributed by atoms with van der Waals surface area (Å²) < 4.78 is 0. The van der Waals surface area contributed by atoms with Gasteiger partial charge in [-0.15, -0.1) is 34.4 Å². The van der Waals surface area contributed by atoms with Gasteiger partial charge in [0, 0.05) is 25.5 Å². The number of hydrogen-bond acceptors (Lipinski definition) is 3. The molecule has 4 rings (SSSR count). The zero-order valence-corrected chi connectivity index (χ0v) is 22.5. The SMILES string of the molecule is CC(O)CC(C)O.Cc1[c-]c2c(c(C)c1)CCc1cc3c(CC(C)C)cccc3nc1-2.[Ir]. The Morgan fingerprint density at radius 2 is 1.69 bits per heavy atom. The summed E-state index contributed by atoms with van der Waals surface area (Å²) in [4.78, 5) is 5.08. The van der Waals surface area contributed by atoms with E-state index in [-0.39, 0.29) is 32.3 Å². The molecular weight excluding hydrogens is 575 g/mol. The Morgan fingerprint density at radius 1 is 1.00 bits per heavy atom. The van der Waals surface area contributed by atoms with Crippen molar-refractivity contribution in [3.8, 4) is 11.3 Å². The van der Waals surface area contributed by atoms with Gasteiger partial charge in [-0.25, -0.2) is 0 Å². The van der Waals surface area contributed by atoms with Crippen molar-refractivity contribution in [3.05, 3.63) is 64.2 Å². The number of nitrogens with zero attached hydrogens (tertiary/aromatic N) is 1. The molecule has 0 saturated carbocycles. The Balaban J connectivity index is 0.000000398. The van der Waals surface area contributed by atoms with Gasteiger partial charge in [-0.1, -0.05) is 57.9 Å². The van der Waals surface area contributed by atoms with Crippen LogP contribution in [-0.2, 0) is 39.4 Å². The minimum absolute atomic E-state index is 0. The number of benzene rings is 2. The van der Waals surface area contributed by atoms with E-state index >= 15 is 0 Å². The van der Waals surface area contributed by atoms with Crippen LogP contribution in [0.3, 0.4) is 0 Å². The van der Waals surface area contributed by atoms with Crippen LogP contribution in [-0.4, -0.2) is 27.4 Å². The van der Waals surface area contributed by atoms with Crippen LogP contribution in [0.15, 0.2) is 30.3 Å². The Bertz CT molecular complexity index is 1050. The van der Waals surface area contributed by atoms with E-state index in [0.717, 1.165) is 30.5 Å². The van der Waals surface area contributed by atoms with Gasteiger partial charge in [-0.3, -0.25) is 4.98 Å². The second-order valence-electron chi connectivity index (χ2n) is 9.50. The van der Waals surface area contributed by atoms with Gasteiger partial charge >= 0.3 is 0 Å². The van der Waals surface area contributed by atoms with Gasteiger partial charge in [-0.05, 0) is 56.4 Å². The molecule has 2 N–H and O–H groups in total. The van der Waals surface area contributed by atoms with Crippen LogP contribution in [0.25, 0.3) is 22.2 Å². The number of aliphatic hydroxyl groups excluding tert-OH is 2. The summed E-state index contributed by atoms with van der Waals surface area (Å²) in [5, 5.41) is 18.5. The molecule has 32 heavy (non-hydrogen) atoms. The fourth-order valence-electron chi connectivity index (χ4n) is 4.52. The third-order valence-electron chi connectivity index (χ3n) is 5.75. The maximum Gasteiger partial charge on any atom is 0.0598 e. The second kappa shape index (κ2) is 11.5. The zero-order chi connectivity index (χ0) is 22.7. The molecular formula is C28H36IrNO2-. The number of pyridine rings is 1. The number of fused-ring (bicyclic) bond motifs is 4. The Labute approximate surface area is 206 Å². The first-order chi connectivity index (χ1) is 14.7. The zero-order valence-electron chi connectivity index (χ0n) is 20.1. The molecule has 4 heteroatoms. The first-order valence-electron chi connectivity index (χ1n) is 11.5. The van der Waals surface area contributed by atoms with Crippen LogP contribution in [0, 0.1) is 25.8 Å². The largest absolute Gasteiger partial charge is 0.393 e. The Kier molecular flexibility index (Phi) is 9.60. The topological polar surface area (TPSA) is 53.4 Å². The van der Waals surface area contributed by atoms with Gasteiger partial charge < -0.3 is 10.2 Å². The van der Waals surface area contributed by atoms with Crippen LogP contribution in [0.4, 0.5) is 0 Å². The summed E-state index contributed by atoms with van der Waals surface area (Å²) in [6.07, 6.45) is 3.02. The molecule has 1 radical (unpaired) electrons. The average molecular weight is 611 g/mol. The molecule has 1 aliphatic carbocycles. The summed E-state index contributed by atoms with van der Waals surface area (Å²) in [5.41, 5.74) is 10.3. The average Bonchev–Trinajstić information content (AvgIpc) is 2.66.